The molecule has 0 aliphatic rings. The number of carbonyl (C=O) groups excluding carboxylic acids is 1. The standard InChI is InChI=1S/C19H21N3O3/c1-14-5-4-6-17(9-14)25-13-16(23)11-20-19(24)10-15-12-22-8-3-2-7-18(22)21-15/h2-9,12,16,23H,10-11,13H2,1H3,(H,20,24). The number of aliphatic hydroxyl groups is 1. The fourth-order valence-electron chi connectivity index (χ4n) is 2.49. The molecule has 0 saturated carbocycles. The molecule has 0 saturated heterocycles. The van der Waals surface area contributed by atoms with E-state index in [0.29, 0.717) is 11.4 Å². The van der Waals surface area contributed by atoms with E-state index >= 15 is 0 Å². The molecular weight excluding hydrogens is 318 g/mol. The van der Waals surface area contributed by atoms with Gasteiger partial charge in [0, 0.05) is 18.9 Å². The monoisotopic (exact) mass is 339 g/mol. The number of ether oxygens (including phenoxy) is 1. The summed E-state index contributed by atoms with van der Waals surface area (Å²) in [5, 5.41) is 12.7. The van der Waals surface area contributed by atoms with Gasteiger partial charge in [-0.15, -0.1) is 0 Å². The Morgan fingerprint density at radius 3 is 3.00 bits per heavy atom. The maximum atomic E-state index is 12.0. The van der Waals surface area contributed by atoms with Crippen molar-refractivity contribution >= 4 is 11.6 Å². The van der Waals surface area contributed by atoms with Crippen LogP contribution in [0, 0.1) is 6.92 Å². The van der Waals surface area contributed by atoms with E-state index in [-0.39, 0.29) is 25.5 Å². The summed E-state index contributed by atoms with van der Waals surface area (Å²) in [4.78, 5) is 16.4. The number of amides is 1. The van der Waals surface area contributed by atoms with Crippen molar-refractivity contribution in [1.82, 2.24) is 14.7 Å². The summed E-state index contributed by atoms with van der Waals surface area (Å²) in [6.07, 6.45) is 3.11. The number of fused-ring (bicyclic) bond motifs is 1. The highest BCUT2D eigenvalue weighted by Gasteiger charge is 2.11. The summed E-state index contributed by atoms with van der Waals surface area (Å²) in [7, 11) is 0. The van der Waals surface area contributed by atoms with Crippen LogP contribution in [0.5, 0.6) is 5.75 Å². The molecule has 1 amide bonds. The molecule has 6 heteroatoms. The van der Waals surface area contributed by atoms with Crippen molar-refractivity contribution in [1.29, 1.82) is 0 Å². The second-order valence-electron chi connectivity index (χ2n) is 5.96. The van der Waals surface area contributed by atoms with Crippen molar-refractivity contribution in [3.05, 3.63) is 66.1 Å². The fraction of sp³-hybridized carbons (Fsp3) is 0.263. The average molecular weight is 339 g/mol. The number of aryl methyl sites for hydroxylation is 1. The summed E-state index contributed by atoms with van der Waals surface area (Å²) in [5.41, 5.74) is 2.58. The topological polar surface area (TPSA) is 75.9 Å². The Kier molecular flexibility index (Phi) is 5.30. The molecule has 1 aromatic carbocycles. The van der Waals surface area contributed by atoms with Gasteiger partial charge in [-0.05, 0) is 36.8 Å². The van der Waals surface area contributed by atoms with Gasteiger partial charge in [0.15, 0.2) is 0 Å². The third-order valence-electron chi connectivity index (χ3n) is 3.72. The van der Waals surface area contributed by atoms with E-state index in [2.05, 4.69) is 10.3 Å². The minimum Gasteiger partial charge on any atom is -0.491 e. The van der Waals surface area contributed by atoms with Gasteiger partial charge in [0.25, 0.3) is 0 Å². The van der Waals surface area contributed by atoms with Crippen molar-refractivity contribution < 1.29 is 14.6 Å². The molecule has 2 N–H and O–H groups in total. The van der Waals surface area contributed by atoms with E-state index in [1.165, 1.54) is 0 Å². The fourth-order valence-corrected chi connectivity index (χ4v) is 2.49. The minimum atomic E-state index is -0.773. The molecule has 3 rings (SSSR count). The van der Waals surface area contributed by atoms with E-state index < -0.39 is 6.10 Å². The molecule has 130 valence electrons. The van der Waals surface area contributed by atoms with Gasteiger partial charge < -0.3 is 19.6 Å². The Morgan fingerprint density at radius 2 is 2.20 bits per heavy atom. The zero-order valence-electron chi connectivity index (χ0n) is 14.1. The zero-order chi connectivity index (χ0) is 17.6. The first-order valence-corrected chi connectivity index (χ1v) is 8.17. The SMILES string of the molecule is Cc1cccc(OCC(O)CNC(=O)Cc2cn3ccccc3n2)c1. The quantitative estimate of drug-likeness (QED) is 0.687. The molecule has 25 heavy (non-hydrogen) atoms. The minimum absolute atomic E-state index is 0.123. The summed E-state index contributed by atoms with van der Waals surface area (Å²) in [6, 6.07) is 13.3. The maximum Gasteiger partial charge on any atom is 0.226 e. The number of rotatable bonds is 7. The second-order valence-corrected chi connectivity index (χ2v) is 5.96. The molecular formula is C19H21N3O3. The largest absolute Gasteiger partial charge is 0.491 e. The second kappa shape index (κ2) is 7.81. The zero-order valence-corrected chi connectivity index (χ0v) is 14.1. The Hall–Kier alpha value is -2.86. The van der Waals surface area contributed by atoms with Gasteiger partial charge in [0.2, 0.25) is 5.91 Å². The van der Waals surface area contributed by atoms with Crippen LogP contribution >= 0.6 is 0 Å². The third kappa shape index (κ3) is 4.81. The smallest absolute Gasteiger partial charge is 0.226 e. The van der Waals surface area contributed by atoms with Crippen LogP contribution in [0.4, 0.5) is 0 Å². The van der Waals surface area contributed by atoms with E-state index in [0.717, 1.165) is 11.2 Å². The highest BCUT2D eigenvalue weighted by molar-refractivity contribution is 5.78. The highest BCUT2D eigenvalue weighted by atomic mass is 16.5. The van der Waals surface area contributed by atoms with Crippen LogP contribution in [-0.2, 0) is 11.2 Å². The van der Waals surface area contributed by atoms with E-state index in [4.69, 9.17) is 4.74 Å². The molecule has 0 bridgehead atoms. The summed E-state index contributed by atoms with van der Waals surface area (Å²) in [5.74, 6) is 0.521. The number of aromatic nitrogens is 2. The molecule has 0 aliphatic heterocycles. The molecule has 0 aliphatic carbocycles. The normalized spacial score (nSPS) is 12.1. The van der Waals surface area contributed by atoms with Gasteiger partial charge in [-0.1, -0.05) is 18.2 Å². The Bertz CT molecular complexity index is 827. The lowest BCUT2D eigenvalue weighted by molar-refractivity contribution is -0.121. The predicted molar refractivity (Wildman–Crippen MR) is 94.6 cm³/mol. The number of carbonyl (C=O) groups is 1. The summed E-state index contributed by atoms with van der Waals surface area (Å²) >= 11 is 0. The van der Waals surface area contributed by atoms with Gasteiger partial charge >= 0.3 is 0 Å². The van der Waals surface area contributed by atoms with Crippen LogP contribution in [0.15, 0.2) is 54.9 Å². The lowest BCUT2D eigenvalue weighted by atomic mass is 10.2. The summed E-state index contributed by atoms with van der Waals surface area (Å²) < 4.78 is 7.39. The van der Waals surface area contributed by atoms with Crippen molar-refractivity contribution in [3.8, 4) is 5.75 Å². The maximum absolute atomic E-state index is 12.0. The lowest BCUT2D eigenvalue weighted by Crippen LogP contribution is -2.36. The number of aliphatic hydroxyl groups excluding tert-OH is 1. The Morgan fingerprint density at radius 1 is 1.32 bits per heavy atom. The van der Waals surface area contributed by atoms with E-state index in [1.54, 1.807) is 0 Å². The van der Waals surface area contributed by atoms with Crippen LogP contribution in [0.25, 0.3) is 5.65 Å². The number of hydrogen-bond donors (Lipinski definition) is 2. The molecule has 0 fully saturated rings. The van der Waals surface area contributed by atoms with Crippen molar-refractivity contribution in [2.24, 2.45) is 0 Å². The first-order valence-electron chi connectivity index (χ1n) is 8.17. The third-order valence-corrected chi connectivity index (χ3v) is 3.72. The van der Waals surface area contributed by atoms with Gasteiger partial charge in [-0.2, -0.15) is 0 Å². The molecule has 3 aromatic rings. The number of benzene rings is 1. The van der Waals surface area contributed by atoms with Crippen LogP contribution in [0.2, 0.25) is 0 Å². The number of nitrogens with one attached hydrogen (secondary N) is 1. The average Bonchev–Trinajstić information content (AvgIpc) is 3.00. The molecule has 6 nitrogen and oxygen atoms in total. The van der Waals surface area contributed by atoms with Gasteiger partial charge in [-0.3, -0.25) is 4.79 Å². The lowest BCUT2D eigenvalue weighted by Gasteiger charge is -2.13. The van der Waals surface area contributed by atoms with Crippen molar-refractivity contribution in [2.75, 3.05) is 13.2 Å². The van der Waals surface area contributed by atoms with Crippen LogP contribution < -0.4 is 10.1 Å². The van der Waals surface area contributed by atoms with Crippen molar-refractivity contribution in [2.45, 2.75) is 19.4 Å². The Balaban J connectivity index is 1.43. The summed E-state index contributed by atoms with van der Waals surface area (Å²) in [6.45, 7) is 2.24. The molecule has 0 radical (unpaired) electrons. The number of nitrogens with zero attached hydrogens (tertiary/aromatic N) is 2. The van der Waals surface area contributed by atoms with E-state index in [9.17, 15) is 9.90 Å². The van der Waals surface area contributed by atoms with E-state index in [1.807, 2.05) is 66.2 Å². The molecule has 2 heterocycles. The number of hydrogen-bond acceptors (Lipinski definition) is 4. The predicted octanol–water partition coefficient (Wildman–Crippen LogP) is 1.74. The first-order chi connectivity index (χ1) is 12.1. The van der Waals surface area contributed by atoms with Crippen LogP contribution in [0.1, 0.15) is 11.3 Å². The number of imidazole rings is 1. The molecule has 1 atom stereocenters. The molecule has 0 spiro atoms. The van der Waals surface area contributed by atoms with Gasteiger partial charge in [0.1, 0.15) is 24.1 Å². The molecule has 1 unspecified atom stereocenters. The molecule has 2 aromatic heterocycles. The van der Waals surface area contributed by atoms with Crippen LogP contribution in [0.3, 0.4) is 0 Å². The van der Waals surface area contributed by atoms with Gasteiger partial charge in [0.05, 0.1) is 12.1 Å². The first kappa shape index (κ1) is 17.0. The van der Waals surface area contributed by atoms with Crippen molar-refractivity contribution in [3.63, 3.8) is 0 Å². The van der Waals surface area contributed by atoms with Crippen LogP contribution in [-0.4, -0.2) is 39.7 Å². The Labute approximate surface area is 146 Å². The highest BCUT2D eigenvalue weighted by Crippen LogP contribution is 2.12. The van der Waals surface area contributed by atoms with Gasteiger partial charge in [-0.25, -0.2) is 4.98 Å². The number of pyridine rings is 1.